The predicted molar refractivity (Wildman–Crippen MR) is 99.2 cm³/mol. The summed E-state index contributed by atoms with van der Waals surface area (Å²) in [5, 5.41) is 24.8. The molecule has 3 heterocycles. The molecule has 5 rings (SSSR count). The van der Waals surface area contributed by atoms with Gasteiger partial charge in [-0.1, -0.05) is 11.2 Å². The smallest absolute Gasteiger partial charge is 0.133 e. The highest BCUT2D eigenvalue weighted by Crippen LogP contribution is 2.36. The fourth-order valence-electron chi connectivity index (χ4n) is 3.46. The van der Waals surface area contributed by atoms with Gasteiger partial charge in [-0.3, -0.25) is 5.10 Å². The third-order valence-corrected chi connectivity index (χ3v) is 4.79. The van der Waals surface area contributed by atoms with Gasteiger partial charge in [0.15, 0.2) is 0 Å². The van der Waals surface area contributed by atoms with Crippen molar-refractivity contribution < 1.29 is 9.26 Å². The Labute approximate surface area is 154 Å². The van der Waals surface area contributed by atoms with Gasteiger partial charge in [-0.25, -0.2) is 0 Å². The number of benzene rings is 2. The maximum Gasteiger partial charge on any atom is 0.133 e. The van der Waals surface area contributed by atoms with Crippen LogP contribution in [0.25, 0.3) is 22.2 Å². The molecule has 0 spiro atoms. The largest absolute Gasteiger partial charge is 0.493 e. The van der Waals surface area contributed by atoms with Crippen LogP contribution in [-0.4, -0.2) is 22.0 Å². The van der Waals surface area contributed by atoms with Gasteiger partial charge >= 0.3 is 0 Å². The molecule has 1 aliphatic heterocycles. The molecule has 2 aromatic heterocycles. The van der Waals surface area contributed by atoms with Crippen molar-refractivity contribution in [1.82, 2.24) is 15.4 Å². The predicted octanol–water partition coefficient (Wildman–Crippen LogP) is 4.03. The standard InChI is InChI=1S/C20H15N5O2/c21-9-12-1-3-15-17(5-6-26-19(15)7-12)23-14-2-4-18-16(8-14)20(25-24-18)13-10-22-27-11-13/h1-4,7-8,10-11,17,23H,5-6H2,(H,24,25)/t17-/m1/s1. The van der Waals surface area contributed by atoms with Gasteiger partial charge in [0.05, 0.1) is 41.6 Å². The zero-order valence-corrected chi connectivity index (χ0v) is 14.3. The Hall–Kier alpha value is -3.79. The summed E-state index contributed by atoms with van der Waals surface area (Å²) in [4.78, 5) is 0. The number of rotatable bonds is 3. The van der Waals surface area contributed by atoms with Gasteiger partial charge < -0.3 is 14.6 Å². The molecule has 0 aliphatic carbocycles. The average Bonchev–Trinajstić information content (AvgIpc) is 3.37. The van der Waals surface area contributed by atoms with Crippen molar-refractivity contribution in [3.8, 4) is 23.1 Å². The number of anilines is 1. The Morgan fingerprint density at radius 1 is 1.22 bits per heavy atom. The first kappa shape index (κ1) is 15.5. The minimum atomic E-state index is 0.116. The molecule has 1 atom stereocenters. The lowest BCUT2D eigenvalue weighted by atomic mass is 9.98. The number of fused-ring (bicyclic) bond motifs is 2. The molecule has 0 saturated heterocycles. The van der Waals surface area contributed by atoms with Crippen LogP contribution < -0.4 is 10.1 Å². The summed E-state index contributed by atoms with van der Waals surface area (Å²) in [6.07, 6.45) is 4.08. The lowest BCUT2D eigenvalue weighted by Crippen LogP contribution is -2.20. The molecule has 2 N–H and O–H groups in total. The van der Waals surface area contributed by atoms with E-state index in [0.717, 1.165) is 45.6 Å². The summed E-state index contributed by atoms with van der Waals surface area (Å²) in [6, 6.07) is 13.9. The molecule has 0 unspecified atom stereocenters. The van der Waals surface area contributed by atoms with Crippen molar-refractivity contribution in [1.29, 1.82) is 5.26 Å². The van der Waals surface area contributed by atoms with Gasteiger partial charge in [-0.2, -0.15) is 10.4 Å². The monoisotopic (exact) mass is 357 g/mol. The second kappa shape index (κ2) is 6.18. The van der Waals surface area contributed by atoms with Crippen LogP contribution in [0, 0.1) is 11.3 Å². The molecule has 27 heavy (non-hydrogen) atoms. The zero-order chi connectivity index (χ0) is 18.2. The highest BCUT2D eigenvalue weighted by Gasteiger charge is 2.22. The van der Waals surface area contributed by atoms with Gasteiger partial charge in [-0.15, -0.1) is 0 Å². The van der Waals surface area contributed by atoms with Crippen LogP contribution >= 0.6 is 0 Å². The van der Waals surface area contributed by atoms with E-state index in [4.69, 9.17) is 14.5 Å². The highest BCUT2D eigenvalue weighted by molar-refractivity contribution is 5.94. The lowest BCUT2D eigenvalue weighted by molar-refractivity contribution is 0.274. The molecule has 132 valence electrons. The third kappa shape index (κ3) is 2.68. The second-order valence-electron chi connectivity index (χ2n) is 6.44. The normalized spacial score (nSPS) is 15.7. The van der Waals surface area contributed by atoms with E-state index < -0.39 is 0 Å². The second-order valence-corrected chi connectivity index (χ2v) is 6.44. The fourth-order valence-corrected chi connectivity index (χ4v) is 3.46. The van der Waals surface area contributed by atoms with Crippen LogP contribution in [-0.2, 0) is 0 Å². The maximum atomic E-state index is 9.08. The van der Waals surface area contributed by atoms with Crippen LogP contribution in [0.2, 0.25) is 0 Å². The van der Waals surface area contributed by atoms with E-state index in [-0.39, 0.29) is 6.04 Å². The number of nitriles is 1. The number of H-pyrrole nitrogens is 1. The van der Waals surface area contributed by atoms with E-state index in [9.17, 15) is 0 Å². The zero-order valence-electron chi connectivity index (χ0n) is 14.3. The van der Waals surface area contributed by atoms with E-state index in [1.54, 1.807) is 18.5 Å². The van der Waals surface area contributed by atoms with Crippen molar-refractivity contribution in [2.24, 2.45) is 0 Å². The molecule has 1 aliphatic rings. The van der Waals surface area contributed by atoms with Gasteiger partial charge in [0.2, 0.25) is 0 Å². The number of hydrogen-bond acceptors (Lipinski definition) is 6. The Bertz CT molecular complexity index is 1160. The number of aromatic amines is 1. The summed E-state index contributed by atoms with van der Waals surface area (Å²) >= 11 is 0. The molecular weight excluding hydrogens is 342 g/mol. The molecule has 0 bridgehead atoms. The highest BCUT2D eigenvalue weighted by atomic mass is 16.5. The summed E-state index contributed by atoms with van der Waals surface area (Å²) in [7, 11) is 0. The molecule has 2 aromatic carbocycles. The molecule has 0 radical (unpaired) electrons. The van der Waals surface area contributed by atoms with Crippen LogP contribution in [0.3, 0.4) is 0 Å². The minimum Gasteiger partial charge on any atom is -0.493 e. The Morgan fingerprint density at radius 2 is 2.19 bits per heavy atom. The number of hydrogen-bond donors (Lipinski definition) is 2. The average molecular weight is 357 g/mol. The van der Waals surface area contributed by atoms with Gasteiger partial charge in [0, 0.05) is 23.1 Å². The van der Waals surface area contributed by atoms with Crippen molar-refractivity contribution in [2.75, 3.05) is 11.9 Å². The molecule has 0 amide bonds. The number of ether oxygens (including phenoxy) is 1. The molecule has 0 saturated carbocycles. The summed E-state index contributed by atoms with van der Waals surface area (Å²) in [5.74, 6) is 0.771. The SMILES string of the molecule is N#Cc1ccc2c(c1)OCC[C@H]2Nc1ccc2[nH]nc(-c3cnoc3)c2c1. The first-order chi connectivity index (χ1) is 13.3. The maximum absolute atomic E-state index is 9.08. The van der Waals surface area contributed by atoms with Crippen LogP contribution in [0.15, 0.2) is 53.4 Å². The summed E-state index contributed by atoms with van der Waals surface area (Å²) in [5.41, 5.74) is 5.24. The van der Waals surface area contributed by atoms with Gasteiger partial charge in [0.25, 0.3) is 0 Å². The van der Waals surface area contributed by atoms with Crippen molar-refractivity contribution in [3.05, 3.63) is 60.0 Å². The third-order valence-electron chi connectivity index (χ3n) is 4.79. The van der Waals surface area contributed by atoms with Crippen LogP contribution in [0.4, 0.5) is 5.69 Å². The Morgan fingerprint density at radius 3 is 3.04 bits per heavy atom. The van der Waals surface area contributed by atoms with E-state index in [2.05, 4.69) is 32.8 Å². The molecule has 0 fully saturated rings. The molecule has 7 nitrogen and oxygen atoms in total. The van der Waals surface area contributed by atoms with E-state index in [0.29, 0.717) is 12.2 Å². The Kier molecular flexibility index (Phi) is 3.54. The van der Waals surface area contributed by atoms with Crippen molar-refractivity contribution in [2.45, 2.75) is 12.5 Å². The van der Waals surface area contributed by atoms with E-state index in [1.165, 1.54) is 0 Å². The fraction of sp³-hybridized carbons (Fsp3) is 0.150. The first-order valence-corrected chi connectivity index (χ1v) is 8.63. The molecule has 4 aromatic rings. The summed E-state index contributed by atoms with van der Waals surface area (Å²) < 4.78 is 10.7. The topological polar surface area (TPSA) is 99.8 Å². The first-order valence-electron chi connectivity index (χ1n) is 8.63. The van der Waals surface area contributed by atoms with Crippen molar-refractivity contribution in [3.63, 3.8) is 0 Å². The van der Waals surface area contributed by atoms with Gasteiger partial charge in [-0.05, 0) is 30.3 Å². The lowest BCUT2D eigenvalue weighted by Gasteiger charge is -2.27. The van der Waals surface area contributed by atoms with Gasteiger partial charge in [0.1, 0.15) is 17.7 Å². The number of aromatic nitrogens is 3. The molecular formula is C20H15N5O2. The molecule has 7 heteroatoms. The summed E-state index contributed by atoms with van der Waals surface area (Å²) in [6.45, 7) is 0.611. The minimum absolute atomic E-state index is 0.116. The van der Waals surface area contributed by atoms with Crippen LogP contribution in [0.1, 0.15) is 23.6 Å². The number of nitrogens with zero attached hydrogens (tertiary/aromatic N) is 3. The van der Waals surface area contributed by atoms with Crippen molar-refractivity contribution >= 4 is 16.6 Å². The van der Waals surface area contributed by atoms with Crippen LogP contribution in [0.5, 0.6) is 5.75 Å². The number of nitrogens with one attached hydrogen (secondary N) is 2. The van der Waals surface area contributed by atoms with E-state index in [1.807, 2.05) is 24.3 Å². The quantitative estimate of drug-likeness (QED) is 0.574. The Balaban J connectivity index is 1.49. The van der Waals surface area contributed by atoms with E-state index >= 15 is 0 Å².